The van der Waals surface area contributed by atoms with Crippen LogP contribution in [-0.2, 0) is 28.6 Å². The molecular formula is C22H28O7. The fraction of sp³-hybridized carbons (Fsp3) is 0.682. The predicted octanol–water partition coefficient (Wildman–Crippen LogP) is 2.08. The van der Waals surface area contributed by atoms with Crippen molar-refractivity contribution in [1.29, 1.82) is 0 Å². The number of aliphatic hydroxyl groups excluding tert-OH is 1. The summed E-state index contributed by atoms with van der Waals surface area (Å²) in [5.74, 6) is -1.15. The van der Waals surface area contributed by atoms with Crippen molar-refractivity contribution in [2.75, 3.05) is 13.2 Å². The van der Waals surface area contributed by atoms with Crippen molar-refractivity contribution in [2.24, 2.45) is 22.7 Å². The Morgan fingerprint density at radius 2 is 2.07 bits per heavy atom. The van der Waals surface area contributed by atoms with Gasteiger partial charge in [-0.15, -0.1) is 0 Å². The Bertz CT molecular complexity index is 812. The van der Waals surface area contributed by atoms with E-state index in [4.69, 9.17) is 14.2 Å². The Morgan fingerprint density at radius 3 is 2.72 bits per heavy atom. The van der Waals surface area contributed by atoms with Crippen molar-refractivity contribution in [3.8, 4) is 0 Å². The van der Waals surface area contributed by atoms with Gasteiger partial charge in [0.2, 0.25) is 0 Å². The summed E-state index contributed by atoms with van der Waals surface area (Å²) in [7, 11) is 0. The van der Waals surface area contributed by atoms with E-state index in [2.05, 4.69) is 6.92 Å². The van der Waals surface area contributed by atoms with Crippen LogP contribution in [-0.4, -0.2) is 48.4 Å². The Kier molecular flexibility index (Phi) is 4.84. The molecule has 0 aromatic heterocycles. The third-order valence-electron chi connectivity index (χ3n) is 7.75. The summed E-state index contributed by atoms with van der Waals surface area (Å²) in [6, 6.07) is 0. The van der Waals surface area contributed by atoms with Gasteiger partial charge in [0.15, 0.2) is 0 Å². The van der Waals surface area contributed by atoms with Crippen LogP contribution in [0.4, 0.5) is 0 Å². The van der Waals surface area contributed by atoms with Crippen molar-refractivity contribution in [3.63, 3.8) is 0 Å². The molecule has 1 spiro atoms. The van der Waals surface area contributed by atoms with Crippen LogP contribution in [0.5, 0.6) is 0 Å². The number of rotatable bonds is 4. The number of cyclic esters (lactones) is 2. The standard InChI is InChI=1S/C22H28O7/c1-12-17(24)10-22-11-28-20(26)16(22)8-15(29-13(2)23)9-18(22)21(12,3)6-4-14-5-7-27-19(14)25/h5,8,12,15,17-18,24H,4,6-7,9-11H2,1-3H3/t12-,15-,17-,18-,21+,22-/m1/s1. The molecule has 158 valence electrons. The largest absolute Gasteiger partial charge is 0.461 e. The lowest BCUT2D eigenvalue weighted by atomic mass is 9.45. The van der Waals surface area contributed by atoms with Crippen molar-refractivity contribution >= 4 is 17.9 Å². The highest BCUT2D eigenvalue weighted by molar-refractivity contribution is 5.93. The minimum atomic E-state index is -0.594. The number of carbonyl (C=O) groups excluding carboxylic acids is 3. The molecule has 0 aromatic rings. The van der Waals surface area contributed by atoms with Gasteiger partial charge >= 0.3 is 17.9 Å². The Morgan fingerprint density at radius 1 is 1.31 bits per heavy atom. The van der Waals surface area contributed by atoms with Crippen molar-refractivity contribution in [2.45, 2.75) is 58.7 Å². The summed E-state index contributed by atoms with van der Waals surface area (Å²) >= 11 is 0. The van der Waals surface area contributed by atoms with E-state index in [0.717, 1.165) is 0 Å². The van der Waals surface area contributed by atoms with Crippen LogP contribution < -0.4 is 0 Å². The molecule has 4 rings (SSSR count). The van der Waals surface area contributed by atoms with Gasteiger partial charge in [-0.2, -0.15) is 0 Å². The van der Waals surface area contributed by atoms with E-state index in [1.165, 1.54) is 6.92 Å². The first kappa shape index (κ1) is 20.1. The number of aliphatic hydroxyl groups is 1. The molecule has 7 nitrogen and oxygen atoms in total. The van der Waals surface area contributed by atoms with Gasteiger partial charge in [0.1, 0.15) is 19.3 Å². The summed E-state index contributed by atoms with van der Waals surface area (Å²) < 4.78 is 15.9. The van der Waals surface area contributed by atoms with Gasteiger partial charge in [-0.25, -0.2) is 9.59 Å². The van der Waals surface area contributed by atoms with Gasteiger partial charge in [0.05, 0.1) is 6.10 Å². The second-order valence-electron chi connectivity index (χ2n) is 9.14. The van der Waals surface area contributed by atoms with Crippen LogP contribution in [0, 0.1) is 22.7 Å². The van der Waals surface area contributed by atoms with Gasteiger partial charge in [0.25, 0.3) is 0 Å². The predicted molar refractivity (Wildman–Crippen MR) is 101 cm³/mol. The highest BCUT2D eigenvalue weighted by Crippen LogP contribution is 2.64. The van der Waals surface area contributed by atoms with E-state index in [0.29, 0.717) is 43.4 Å². The van der Waals surface area contributed by atoms with E-state index in [1.54, 1.807) is 6.08 Å². The van der Waals surface area contributed by atoms with Crippen molar-refractivity contribution < 1.29 is 33.7 Å². The molecule has 2 heterocycles. The highest BCUT2D eigenvalue weighted by Gasteiger charge is 2.64. The molecule has 2 fully saturated rings. The zero-order chi connectivity index (χ0) is 21.0. The maximum absolute atomic E-state index is 12.5. The van der Waals surface area contributed by atoms with E-state index < -0.39 is 29.6 Å². The fourth-order valence-electron chi connectivity index (χ4n) is 6.00. The molecule has 2 aliphatic heterocycles. The lowest BCUT2D eigenvalue weighted by Crippen LogP contribution is -2.58. The Hall–Kier alpha value is -2.15. The van der Waals surface area contributed by atoms with E-state index >= 15 is 0 Å². The van der Waals surface area contributed by atoms with E-state index in [9.17, 15) is 19.5 Å². The van der Waals surface area contributed by atoms with Crippen molar-refractivity contribution in [1.82, 2.24) is 0 Å². The summed E-state index contributed by atoms with van der Waals surface area (Å²) in [6.07, 6.45) is 4.65. The smallest absolute Gasteiger partial charge is 0.334 e. The number of hydrogen-bond donors (Lipinski definition) is 1. The molecule has 1 saturated heterocycles. The third-order valence-corrected chi connectivity index (χ3v) is 7.75. The molecule has 0 radical (unpaired) electrons. The molecule has 0 amide bonds. The molecule has 0 aromatic carbocycles. The summed E-state index contributed by atoms with van der Waals surface area (Å²) in [4.78, 5) is 36.0. The maximum Gasteiger partial charge on any atom is 0.334 e. The van der Waals surface area contributed by atoms with Gasteiger partial charge in [-0.1, -0.05) is 13.8 Å². The highest BCUT2D eigenvalue weighted by atomic mass is 16.6. The molecule has 4 aliphatic rings. The molecule has 29 heavy (non-hydrogen) atoms. The molecule has 1 saturated carbocycles. The number of carbonyl (C=O) groups is 3. The summed E-state index contributed by atoms with van der Waals surface area (Å²) in [6.45, 7) is 6.04. The van der Waals surface area contributed by atoms with Gasteiger partial charge < -0.3 is 19.3 Å². The topological polar surface area (TPSA) is 99.1 Å². The average molecular weight is 404 g/mol. The van der Waals surface area contributed by atoms with Gasteiger partial charge in [-0.3, -0.25) is 4.79 Å². The van der Waals surface area contributed by atoms with Crippen LogP contribution in [0.15, 0.2) is 23.3 Å². The molecular weight excluding hydrogens is 376 g/mol. The monoisotopic (exact) mass is 404 g/mol. The third kappa shape index (κ3) is 3.10. The van der Waals surface area contributed by atoms with Gasteiger partial charge in [-0.05, 0) is 55.1 Å². The van der Waals surface area contributed by atoms with Crippen LogP contribution in [0.25, 0.3) is 0 Å². The molecule has 7 heteroatoms. The van der Waals surface area contributed by atoms with E-state index in [-0.39, 0.29) is 29.8 Å². The minimum absolute atomic E-state index is 0.0257. The average Bonchev–Trinajstić information content (AvgIpc) is 3.21. The first-order chi connectivity index (χ1) is 13.7. The zero-order valence-corrected chi connectivity index (χ0v) is 17.1. The molecule has 0 unspecified atom stereocenters. The first-order valence-corrected chi connectivity index (χ1v) is 10.3. The zero-order valence-electron chi connectivity index (χ0n) is 17.1. The Labute approximate surface area is 170 Å². The quantitative estimate of drug-likeness (QED) is 0.566. The maximum atomic E-state index is 12.5. The molecule has 6 atom stereocenters. The normalized spacial score (nSPS) is 41.0. The molecule has 1 N–H and O–H groups in total. The summed E-state index contributed by atoms with van der Waals surface area (Å²) in [5, 5.41) is 10.9. The fourth-order valence-corrected chi connectivity index (χ4v) is 6.00. The van der Waals surface area contributed by atoms with Crippen LogP contribution in [0.3, 0.4) is 0 Å². The SMILES string of the molecule is CC(=O)O[C@@H]1C=C2C(=O)OC[C@]23C[C@@H](O)[C@@H](C)[C@](C)(CCC2=CCOC2=O)[C@H]3C1. The second kappa shape index (κ2) is 6.97. The lowest BCUT2D eigenvalue weighted by molar-refractivity contribution is -0.156. The summed E-state index contributed by atoms with van der Waals surface area (Å²) in [5.41, 5.74) is 0.220. The minimum Gasteiger partial charge on any atom is -0.461 e. The van der Waals surface area contributed by atoms with Crippen LogP contribution >= 0.6 is 0 Å². The Balaban J connectivity index is 1.71. The van der Waals surface area contributed by atoms with Crippen LogP contribution in [0.1, 0.15) is 46.5 Å². The second-order valence-corrected chi connectivity index (χ2v) is 9.14. The number of esters is 3. The first-order valence-electron chi connectivity index (χ1n) is 10.3. The van der Waals surface area contributed by atoms with Crippen LogP contribution in [0.2, 0.25) is 0 Å². The van der Waals surface area contributed by atoms with E-state index in [1.807, 2.05) is 13.0 Å². The number of ether oxygens (including phenoxy) is 3. The molecule has 2 aliphatic carbocycles. The van der Waals surface area contributed by atoms with Gasteiger partial charge in [0, 0.05) is 23.5 Å². The number of hydrogen-bond acceptors (Lipinski definition) is 7. The van der Waals surface area contributed by atoms with Crippen molar-refractivity contribution in [3.05, 3.63) is 23.3 Å². The lowest BCUT2D eigenvalue weighted by Gasteiger charge is -2.58. The molecule has 0 bridgehead atoms.